The summed E-state index contributed by atoms with van der Waals surface area (Å²) in [5.41, 5.74) is 0. The molecule has 0 unspecified atom stereocenters. The Balaban J connectivity index is 2.34. The van der Waals surface area contributed by atoms with Gasteiger partial charge < -0.3 is 0 Å². The molecule has 1 saturated carbocycles. The van der Waals surface area contributed by atoms with Crippen LogP contribution in [0.5, 0.6) is 0 Å². The second-order valence-corrected chi connectivity index (χ2v) is 6.43. The molecule has 1 saturated heterocycles. The van der Waals surface area contributed by atoms with E-state index in [9.17, 15) is 14.4 Å². The summed E-state index contributed by atoms with van der Waals surface area (Å²) in [5.74, 6) is -0.775. The van der Waals surface area contributed by atoms with Crippen LogP contribution < -0.4 is 0 Å². The number of carbonyl (C=O) groups is 3. The molecule has 112 valence electrons. The Morgan fingerprint density at radius 1 is 0.900 bits per heavy atom. The van der Waals surface area contributed by atoms with E-state index >= 15 is 0 Å². The highest BCUT2D eigenvalue weighted by Gasteiger charge is 2.52. The third-order valence-corrected chi connectivity index (χ3v) is 4.23. The maximum Gasteiger partial charge on any atom is 0.334 e. The summed E-state index contributed by atoms with van der Waals surface area (Å²) in [6.07, 6.45) is 3.66. The minimum atomic E-state index is -0.403. The zero-order valence-electron chi connectivity index (χ0n) is 12.8. The van der Waals surface area contributed by atoms with Gasteiger partial charge in [-0.15, -0.1) is 0 Å². The summed E-state index contributed by atoms with van der Waals surface area (Å²) in [6.45, 7) is 7.17. The van der Waals surface area contributed by atoms with Crippen molar-refractivity contribution in [3.63, 3.8) is 0 Å². The van der Waals surface area contributed by atoms with E-state index in [-0.39, 0.29) is 35.7 Å². The number of imide groups is 2. The van der Waals surface area contributed by atoms with Gasteiger partial charge >= 0.3 is 6.03 Å². The number of amides is 4. The topological polar surface area (TPSA) is 57.7 Å². The van der Waals surface area contributed by atoms with Gasteiger partial charge in [0.15, 0.2) is 0 Å². The van der Waals surface area contributed by atoms with E-state index in [1.165, 1.54) is 9.80 Å². The molecule has 0 radical (unpaired) electrons. The van der Waals surface area contributed by atoms with Crippen molar-refractivity contribution in [3.05, 3.63) is 0 Å². The van der Waals surface area contributed by atoms with Gasteiger partial charge in [-0.1, -0.05) is 40.5 Å². The van der Waals surface area contributed by atoms with Crippen LogP contribution in [0, 0.1) is 11.8 Å². The molecule has 0 spiro atoms. The lowest BCUT2D eigenvalue weighted by Crippen LogP contribution is -2.44. The van der Waals surface area contributed by atoms with Gasteiger partial charge in [0.25, 0.3) is 0 Å². The fourth-order valence-corrected chi connectivity index (χ4v) is 3.17. The lowest BCUT2D eigenvalue weighted by Gasteiger charge is -2.31. The number of hydrogen-bond donors (Lipinski definition) is 0. The highest BCUT2D eigenvalue weighted by Crippen LogP contribution is 2.35. The van der Waals surface area contributed by atoms with E-state index in [1.807, 2.05) is 0 Å². The smallest absolute Gasteiger partial charge is 0.274 e. The number of hydrogen-bond acceptors (Lipinski definition) is 3. The predicted octanol–water partition coefficient (Wildman–Crippen LogP) is 2.40. The van der Waals surface area contributed by atoms with Crippen molar-refractivity contribution in [3.8, 4) is 0 Å². The van der Waals surface area contributed by atoms with Crippen molar-refractivity contribution in [2.75, 3.05) is 0 Å². The molecular formula is C15H24N2O3. The average Bonchev–Trinajstić information content (AvgIpc) is 2.68. The molecule has 4 amide bonds. The van der Waals surface area contributed by atoms with Gasteiger partial charge in [0.1, 0.15) is 0 Å². The molecule has 2 atom stereocenters. The van der Waals surface area contributed by atoms with Crippen LogP contribution in [0.1, 0.15) is 53.4 Å². The van der Waals surface area contributed by atoms with Crippen molar-refractivity contribution in [1.29, 1.82) is 0 Å². The minimum absolute atomic E-state index is 0.117. The largest absolute Gasteiger partial charge is 0.334 e. The van der Waals surface area contributed by atoms with Crippen LogP contribution in [0.3, 0.4) is 0 Å². The molecule has 0 aromatic heterocycles. The average molecular weight is 280 g/mol. The zero-order chi connectivity index (χ0) is 15.0. The Morgan fingerprint density at radius 2 is 1.25 bits per heavy atom. The van der Waals surface area contributed by atoms with Crippen LogP contribution >= 0.6 is 0 Å². The molecular weight excluding hydrogens is 256 g/mol. The maximum absolute atomic E-state index is 12.6. The van der Waals surface area contributed by atoms with Gasteiger partial charge in [-0.05, 0) is 12.8 Å². The first-order valence-corrected chi connectivity index (χ1v) is 7.56. The van der Waals surface area contributed by atoms with Gasteiger partial charge in [-0.3, -0.25) is 19.4 Å². The molecule has 2 rings (SSSR count). The molecule has 1 heterocycles. The second kappa shape index (κ2) is 5.54. The summed E-state index contributed by atoms with van der Waals surface area (Å²) < 4.78 is 0. The van der Waals surface area contributed by atoms with Crippen molar-refractivity contribution >= 4 is 17.8 Å². The maximum atomic E-state index is 12.6. The lowest BCUT2D eigenvalue weighted by atomic mass is 9.89. The molecule has 0 aromatic rings. The first-order valence-electron chi connectivity index (χ1n) is 7.56. The van der Waals surface area contributed by atoms with E-state index in [1.54, 1.807) is 27.7 Å². The summed E-state index contributed by atoms with van der Waals surface area (Å²) in [6, 6.07) is -0.637. The van der Waals surface area contributed by atoms with Crippen LogP contribution in [0.2, 0.25) is 0 Å². The summed E-state index contributed by atoms with van der Waals surface area (Å²) in [7, 11) is 0. The molecule has 2 aliphatic rings. The molecule has 5 nitrogen and oxygen atoms in total. The molecule has 0 N–H and O–H groups in total. The number of nitrogens with zero attached hydrogens (tertiary/aromatic N) is 2. The lowest BCUT2D eigenvalue weighted by molar-refractivity contribution is -0.133. The minimum Gasteiger partial charge on any atom is -0.274 e. The first-order chi connectivity index (χ1) is 9.36. The van der Waals surface area contributed by atoms with Gasteiger partial charge in [0.05, 0.1) is 12.1 Å². The van der Waals surface area contributed by atoms with Crippen LogP contribution in [0.15, 0.2) is 0 Å². The predicted molar refractivity (Wildman–Crippen MR) is 74.8 cm³/mol. The zero-order valence-corrected chi connectivity index (χ0v) is 12.8. The Kier molecular flexibility index (Phi) is 4.16. The van der Waals surface area contributed by atoms with Gasteiger partial charge in [0.2, 0.25) is 11.8 Å². The summed E-state index contributed by atoms with van der Waals surface area (Å²) in [4.78, 5) is 39.9. The third kappa shape index (κ3) is 2.34. The fraction of sp³-hybridized carbons (Fsp3) is 0.800. The van der Waals surface area contributed by atoms with E-state index in [2.05, 4.69) is 0 Å². The molecule has 5 heteroatoms. The number of rotatable bonds is 2. The SMILES string of the molecule is CC(C)C(=O)N1C(=O)N(C(=O)C(C)C)[C@@H]2CCCC[C@H]21. The Morgan fingerprint density at radius 3 is 1.55 bits per heavy atom. The molecule has 0 aromatic carbocycles. The van der Waals surface area contributed by atoms with E-state index in [0.29, 0.717) is 0 Å². The van der Waals surface area contributed by atoms with Gasteiger partial charge in [0, 0.05) is 11.8 Å². The summed E-state index contributed by atoms with van der Waals surface area (Å²) >= 11 is 0. The monoisotopic (exact) mass is 280 g/mol. The van der Waals surface area contributed by atoms with Crippen LogP contribution in [0.25, 0.3) is 0 Å². The molecule has 1 aliphatic heterocycles. The van der Waals surface area contributed by atoms with E-state index in [4.69, 9.17) is 0 Å². The van der Waals surface area contributed by atoms with Crippen LogP contribution in [-0.2, 0) is 9.59 Å². The third-order valence-electron chi connectivity index (χ3n) is 4.23. The quantitative estimate of drug-likeness (QED) is 0.780. The Bertz CT molecular complexity index is 393. The van der Waals surface area contributed by atoms with Crippen LogP contribution in [-0.4, -0.2) is 39.7 Å². The van der Waals surface area contributed by atoms with E-state index < -0.39 is 6.03 Å². The molecule has 20 heavy (non-hydrogen) atoms. The molecule has 1 aliphatic carbocycles. The number of fused-ring (bicyclic) bond motifs is 1. The molecule has 2 fully saturated rings. The standard InChI is InChI=1S/C15H24N2O3/c1-9(2)13(18)16-11-7-5-6-8-12(11)17(15(16)20)14(19)10(3)4/h9-12H,5-8H2,1-4H3/t11-,12-/m1/s1. The fourth-order valence-electron chi connectivity index (χ4n) is 3.17. The van der Waals surface area contributed by atoms with E-state index in [0.717, 1.165) is 25.7 Å². The normalized spacial score (nSPS) is 26.4. The Labute approximate surface area is 120 Å². The number of carbonyl (C=O) groups excluding carboxylic acids is 3. The first kappa shape index (κ1) is 15.0. The summed E-state index contributed by atoms with van der Waals surface area (Å²) in [5, 5.41) is 0. The second-order valence-electron chi connectivity index (χ2n) is 6.43. The van der Waals surface area contributed by atoms with Gasteiger partial charge in [-0.2, -0.15) is 0 Å². The molecule has 0 bridgehead atoms. The van der Waals surface area contributed by atoms with Crippen molar-refractivity contribution in [1.82, 2.24) is 9.80 Å². The van der Waals surface area contributed by atoms with Crippen molar-refractivity contribution in [2.24, 2.45) is 11.8 Å². The highest BCUT2D eigenvalue weighted by atomic mass is 16.2. The Hall–Kier alpha value is -1.39. The number of urea groups is 1. The van der Waals surface area contributed by atoms with Crippen molar-refractivity contribution < 1.29 is 14.4 Å². The van der Waals surface area contributed by atoms with Gasteiger partial charge in [-0.25, -0.2) is 4.79 Å². The highest BCUT2D eigenvalue weighted by molar-refractivity contribution is 6.05. The van der Waals surface area contributed by atoms with Crippen LogP contribution in [0.4, 0.5) is 4.79 Å². The van der Waals surface area contributed by atoms with Crippen molar-refractivity contribution in [2.45, 2.75) is 65.5 Å².